The van der Waals surface area contributed by atoms with E-state index in [1.54, 1.807) is 18.3 Å². The van der Waals surface area contributed by atoms with Gasteiger partial charge in [0.15, 0.2) is 5.65 Å². The summed E-state index contributed by atoms with van der Waals surface area (Å²) in [5, 5.41) is 14.0. The largest absolute Gasteiger partial charge is 0.345 e. The van der Waals surface area contributed by atoms with Crippen LogP contribution in [0.1, 0.15) is 16.2 Å². The lowest BCUT2D eigenvalue weighted by Gasteiger charge is -2.05. The van der Waals surface area contributed by atoms with Crippen molar-refractivity contribution < 1.29 is 4.79 Å². The minimum absolute atomic E-state index is 0.192. The number of amides is 1. The quantitative estimate of drug-likeness (QED) is 0.608. The Morgan fingerprint density at radius 1 is 1.26 bits per heavy atom. The van der Waals surface area contributed by atoms with Crippen LogP contribution in [-0.2, 0) is 13.6 Å². The van der Waals surface area contributed by atoms with Gasteiger partial charge in [0, 0.05) is 18.8 Å². The molecule has 8 heteroatoms. The third-order valence-electron chi connectivity index (χ3n) is 3.75. The highest BCUT2D eigenvalue weighted by Crippen LogP contribution is 2.14. The molecule has 0 aliphatic heterocycles. The predicted molar refractivity (Wildman–Crippen MR) is 82.7 cm³/mol. The van der Waals surface area contributed by atoms with Gasteiger partial charge in [0.05, 0.1) is 17.6 Å². The number of para-hydroxylation sites is 2. The van der Waals surface area contributed by atoms with Crippen molar-refractivity contribution in [1.82, 2.24) is 34.9 Å². The lowest BCUT2D eigenvalue weighted by Crippen LogP contribution is -2.24. The van der Waals surface area contributed by atoms with Gasteiger partial charge in [0.25, 0.3) is 5.91 Å². The summed E-state index contributed by atoms with van der Waals surface area (Å²) >= 11 is 0. The van der Waals surface area contributed by atoms with Crippen LogP contribution in [0.2, 0.25) is 0 Å². The van der Waals surface area contributed by atoms with Gasteiger partial charge in [-0.1, -0.05) is 12.1 Å². The molecule has 0 fully saturated rings. The van der Waals surface area contributed by atoms with Gasteiger partial charge < -0.3 is 9.88 Å². The first-order chi connectivity index (χ1) is 11.2. The summed E-state index contributed by atoms with van der Waals surface area (Å²) in [7, 11) is 1.94. The fourth-order valence-electron chi connectivity index (χ4n) is 2.50. The summed E-state index contributed by atoms with van der Waals surface area (Å²) in [4.78, 5) is 16.8. The predicted octanol–water partition coefficient (Wildman–Crippen LogP) is 0.941. The number of aryl methyl sites for hydroxylation is 1. The van der Waals surface area contributed by atoms with Crippen LogP contribution in [0, 0.1) is 0 Å². The van der Waals surface area contributed by atoms with Crippen molar-refractivity contribution in [3.05, 3.63) is 54.0 Å². The molecule has 1 amide bonds. The Kier molecular flexibility index (Phi) is 3.00. The Balaban J connectivity index is 1.55. The van der Waals surface area contributed by atoms with Crippen LogP contribution >= 0.6 is 0 Å². The molecular weight excluding hydrogens is 294 g/mol. The number of carbonyl (C=O) groups is 1. The number of hydrogen-bond acceptors (Lipinski definition) is 5. The normalized spacial score (nSPS) is 11.2. The molecule has 8 nitrogen and oxygen atoms in total. The Morgan fingerprint density at radius 2 is 2.13 bits per heavy atom. The van der Waals surface area contributed by atoms with E-state index in [9.17, 15) is 4.79 Å². The Morgan fingerprint density at radius 3 is 3.00 bits per heavy atom. The fourth-order valence-corrected chi connectivity index (χ4v) is 2.50. The van der Waals surface area contributed by atoms with Crippen LogP contribution in [0.25, 0.3) is 16.7 Å². The van der Waals surface area contributed by atoms with Gasteiger partial charge in [-0.15, -0.1) is 5.10 Å². The number of nitrogens with one attached hydrogen (secondary N) is 1. The molecule has 1 N–H and O–H groups in total. The molecular formula is C15H13N7O. The van der Waals surface area contributed by atoms with Gasteiger partial charge in [-0.25, -0.2) is 9.50 Å². The highest BCUT2D eigenvalue weighted by atomic mass is 16.1. The Bertz CT molecular complexity index is 1020. The topological polar surface area (TPSA) is 90.0 Å². The molecule has 0 aliphatic rings. The smallest absolute Gasteiger partial charge is 0.251 e. The summed E-state index contributed by atoms with van der Waals surface area (Å²) < 4.78 is 3.48. The third kappa shape index (κ3) is 2.30. The summed E-state index contributed by atoms with van der Waals surface area (Å²) in [5.41, 5.74) is 2.98. The number of nitrogens with zero attached hydrogens (tertiary/aromatic N) is 6. The molecule has 4 aromatic rings. The second-order valence-electron chi connectivity index (χ2n) is 5.16. The van der Waals surface area contributed by atoms with Gasteiger partial charge in [-0.05, 0) is 34.7 Å². The minimum Gasteiger partial charge on any atom is -0.345 e. The molecule has 0 unspecified atom stereocenters. The van der Waals surface area contributed by atoms with E-state index in [4.69, 9.17) is 0 Å². The van der Waals surface area contributed by atoms with Crippen LogP contribution in [0.15, 0.2) is 42.6 Å². The molecule has 0 saturated heterocycles. The molecule has 0 spiro atoms. The molecule has 4 rings (SSSR count). The minimum atomic E-state index is -0.192. The summed E-state index contributed by atoms with van der Waals surface area (Å²) in [5.74, 6) is 0.604. The lowest BCUT2D eigenvalue weighted by molar-refractivity contribution is 0.0949. The molecule has 114 valence electrons. The highest BCUT2D eigenvalue weighted by molar-refractivity contribution is 5.94. The first-order valence-electron chi connectivity index (χ1n) is 7.08. The molecule has 0 aliphatic carbocycles. The monoisotopic (exact) mass is 307 g/mol. The number of rotatable bonds is 3. The second-order valence-corrected chi connectivity index (χ2v) is 5.16. The van der Waals surface area contributed by atoms with Crippen LogP contribution in [-0.4, -0.2) is 35.5 Å². The zero-order valence-electron chi connectivity index (χ0n) is 12.3. The van der Waals surface area contributed by atoms with Crippen LogP contribution < -0.4 is 5.32 Å². The molecule has 0 radical (unpaired) electrons. The summed E-state index contributed by atoms with van der Waals surface area (Å²) in [6.07, 6.45) is 1.65. The summed E-state index contributed by atoms with van der Waals surface area (Å²) in [6, 6.07) is 11.2. The van der Waals surface area contributed by atoms with E-state index in [1.807, 2.05) is 35.9 Å². The van der Waals surface area contributed by atoms with E-state index >= 15 is 0 Å². The van der Waals surface area contributed by atoms with E-state index < -0.39 is 0 Å². The highest BCUT2D eigenvalue weighted by Gasteiger charge is 2.11. The Hall–Kier alpha value is -3.29. The molecule has 0 atom stereocenters. The van der Waals surface area contributed by atoms with Crippen LogP contribution in [0.5, 0.6) is 0 Å². The van der Waals surface area contributed by atoms with Crippen LogP contribution in [0.3, 0.4) is 0 Å². The maximum atomic E-state index is 12.3. The first kappa shape index (κ1) is 13.4. The van der Waals surface area contributed by atoms with Gasteiger partial charge in [0.2, 0.25) is 0 Å². The summed E-state index contributed by atoms with van der Waals surface area (Å²) in [6.45, 7) is 0.347. The van der Waals surface area contributed by atoms with E-state index in [0.29, 0.717) is 17.8 Å². The number of tetrazole rings is 1. The van der Waals surface area contributed by atoms with Crippen molar-refractivity contribution in [2.45, 2.75) is 6.54 Å². The first-order valence-corrected chi connectivity index (χ1v) is 7.08. The average Bonchev–Trinajstić information content (AvgIpc) is 3.17. The number of hydrogen-bond donors (Lipinski definition) is 1. The average molecular weight is 307 g/mol. The van der Waals surface area contributed by atoms with E-state index in [1.165, 1.54) is 4.52 Å². The lowest BCUT2D eigenvalue weighted by atomic mass is 10.2. The van der Waals surface area contributed by atoms with Gasteiger partial charge in [-0.2, -0.15) is 0 Å². The van der Waals surface area contributed by atoms with Crippen molar-refractivity contribution in [1.29, 1.82) is 0 Å². The van der Waals surface area contributed by atoms with Crippen molar-refractivity contribution >= 4 is 22.6 Å². The van der Waals surface area contributed by atoms with Crippen molar-refractivity contribution in [3.63, 3.8) is 0 Å². The zero-order valence-corrected chi connectivity index (χ0v) is 12.3. The van der Waals surface area contributed by atoms with E-state index in [-0.39, 0.29) is 5.91 Å². The van der Waals surface area contributed by atoms with Crippen molar-refractivity contribution in [2.24, 2.45) is 7.05 Å². The maximum absolute atomic E-state index is 12.3. The number of carbonyl (C=O) groups excluding carboxylic acids is 1. The molecule has 3 aromatic heterocycles. The van der Waals surface area contributed by atoms with Gasteiger partial charge >= 0.3 is 0 Å². The number of aromatic nitrogens is 6. The van der Waals surface area contributed by atoms with Crippen LogP contribution in [0.4, 0.5) is 0 Å². The maximum Gasteiger partial charge on any atom is 0.251 e. The molecule has 3 heterocycles. The SMILES string of the molecule is Cn1c(CNC(=O)c2ccn3nnnc3c2)nc2ccccc21. The fraction of sp³-hybridized carbons (Fsp3) is 0.133. The molecule has 23 heavy (non-hydrogen) atoms. The molecule has 0 bridgehead atoms. The third-order valence-corrected chi connectivity index (χ3v) is 3.75. The van der Waals surface area contributed by atoms with E-state index in [0.717, 1.165) is 16.9 Å². The number of benzene rings is 1. The van der Waals surface area contributed by atoms with Crippen molar-refractivity contribution in [3.8, 4) is 0 Å². The zero-order chi connectivity index (χ0) is 15.8. The number of imidazole rings is 1. The standard InChI is InChI=1S/C15H13N7O/c1-21-12-5-3-2-4-11(12)17-14(21)9-16-15(23)10-6-7-22-13(8-10)18-19-20-22/h2-8H,9H2,1H3,(H,16,23). The van der Waals surface area contributed by atoms with E-state index in [2.05, 4.69) is 25.8 Å². The Labute approximate surface area is 130 Å². The number of fused-ring (bicyclic) bond motifs is 2. The molecule has 0 saturated carbocycles. The van der Waals surface area contributed by atoms with Gasteiger partial charge in [-0.3, -0.25) is 4.79 Å². The molecule has 1 aromatic carbocycles. The number of pyridine rings is 1. The van der Waals surface area contributed by atoms with Gasteiger partial charge in [0.1, 0.15) is 5.82 Å². The van der Waals surface area contributed by atoms with Crippen molar-refractivity contribution in [2.75, 3.05) is 0 Å². The second kappa shape index (κ2) is 5.16.